The molecule has 138 valence electrons. The van der Waals surface area contributed by atoms with Gasteiger partial charge in [-0.15, -0.1) is 0 Å². The Morgan fingerprint density at radius 2 is 1.85 bits per heavy atom. The van der Waals surface area contributed by atoms with E-state index < -0.39 is 0 Å². The van der Waals surface area contributed by atoms with Crippen molar-refractivity contribution in [3.05, 3.63) is 76.3 Å². The summed E-state index contributed by atoms with van der Waals surface area (Å²) in [5, 5.41) is 0. The van der Waals surface area contributed by atoms with E-state index in [2.05, 4.69) is 41.1 Å². The molecule has 1 aromatic carbocycles. The van der Waals surface area contributed by atoms with E-state index in [-0.39, 0.29) is 11.7 Å². The first-order valence-electron chi connectivity index (χ1n) is 9.03. The molecule has 0 saturated carbocycles. The highest BCUT2D eigenvalue weighted by Gasteiger charge is 2.25. The third kappa shape index (κ3) is 3.61. The van der Waals surface area contributed by atoms with Crippen LogP contribution in [0.1, 0.15) is 17.2 Å². The maximum Gasteiger partial charge on any atom is 0.255 e. The van der Waals surface area contributed by atoms with Gasteiger partial charge in [0.15, 0.2) is 0 Å². The van der Waals surface area contributed by atoms with E-state index >= 15 is 0 Å². The van der Waals surface area contributed by atoms with E-state index in [1.807, 2.05) is 12.1 Å². The molecule has 4 rings (SSSR count). The Morgan fingerprint density at radius 3 is 2.59 bits per heavy atom. The van der Waals surface area contributed by atoms with Crippen LogP contribution in [0, 0.1) is 6.92 Å². The largest absolute Gasteiger partial charge is 0.370 e. The van der Waals surface area contributed by atoms with Gasteiger partial charge in [-0.25, -0.2) is 4.98 Å². The zero-order valence-corrected chi connectivity index (χ0v) is 15.5. The highest BCUT2D eigenvalue weighted by Crippen LogP contribution is 2.26. The molecule has 0 aliphatic carbocycles. The minimum Gasteiger partial charge on any atom is -0.370 e. The molecule has 0 amide bonds. The van der Waals surface area contributed by atoms with Crippen LogP contribution in [0.4, 0.5) is 5.95 Å². The summed E-state index contributed by atoms with van der Waals surface area (Å²) >= 11 is 0. The zero-order valence-electron chi connectivity index (χ0n) is 15.5. The summed E-state index contributed by atoms with van der Waals surface area (Å²) in [5.41, 5.74) is 3.83. The number of aromatic nitrogens is 3. The first-order valence-corrected chi connectivity index (χ1v) is 9.03. The van der Waals surface area contributed by atoms with Gasteiger partial charge in [0.25, 0.3) is 5.56 Å². The van der Waals surface area contributed by atoms with Crippen molar-refractivity contribution in [1.82, 2.24) is 14.5 Å². The topological polar surface area (TPSA) is 60.2 Å². The van der Waals surface area contributed by atoms with E-state index in [0.717, 1.165) is 11.1 Å². The lowest BCUT2D eigenvalue weighted by Gasteiger charge is -2.34. The second kappa shape index (κ2) is 7.32. The third-order valence-corrected chi connectivity index (χ3v) is 4.89. The van der Waals surface area contributed by atoms with Gasteiger partial charge in [-0.05, 0) is 24.6 Å². The molecule has 3 heterocycles. The molecule has 1 atom stereocenters. The van der Waals surface area contributed by atoms with Gasteiger partial charge in [-0.2, -0.15) is 0 Å². The van der Waals surface area contributed by atoms with Crippen LogP contribution in [0.3, 0.4) is 0 Å². The number of benzene rings is 1. The van der Waals surface area contributed by atoms with Crippen molar-refractivity contribution in [2.75, 3.05) is 24.6 Å². The van der Waals surface area contributed by atoms with Gasteiger partial charge in [0, 0.05) is 37.6 Å². The second-order valence-corrected chi connectivity index (χ2v) is 6.79. The molecule has 1 aliphatic heterocycles. The minimum atomic E-state index is -0.0785. The summed E-state index contributed by atoms with van der Waals surface area (Å²) in [4.78, 5) is 23.4. The quantitative estimate of drug-likeness (QED) is 0.717. The molecule has 0 spiro atoms. The predicted octanol–water partition coefficient (Wildman–Crippen LogP) is 2.73. The van der Waals surface area contributed by atoms with Crippen LogP contribution in [0.15, 0.2) is 59.7 Å². The summed E-state index contributed by atoms with van der Waals surface area (Å²) in [6.45, 7) is 4.02. The number of aryl methyl sites for hydroxylation is 1. The van der Waals surface area contributed by atoms with E-state index in [0.29, 0.717) is 31.3 Å². The molecular formula is C21H22N4O2. The lowest BCUT2D eigenvalue weighted by molar-refractivity contribution is 0.0390. The van der Waals surface area contributed by atoms with Crippen LogP contribution in [0.25, 0.3) is 11.3 Å². The molecule has 1 fully saturated rings. The maximum atomic E-state index is 12.5. The first-order chi connectivity index (χ1) is 13.1. The lowest BCUT2D eigenvalue weighted by Crippen LogP contribution is -2.41. The molecular weight excluding hydrogens is 340 g/mol. The van der Waals surface area contributed by atoms with E-state index in [1.54, 1.807) is 30.1 Å². The van der Waals surface area contributed by atoms with E-state index in [1.165, 1.54) is 5.56 Å². The predicted molar refractivity (Wildman–Crippen MR) is 105 cm³/mol. The van der Waals surface area contributed by atoms with E-state index in [9.17, 15) is 4.79 Å². The molecule has 1 saturated heterocycles. The lowest BCUT2D eigenvalue weighted by atomic mass is 10.1. The first kappa shape index (κ1) is 17.4. The second-order valence-electron chi connectivity index (χ2n) is 6.79. The van der Waals surface area contributed by atoms with Crippen LogP contribution in [0.2, 0.25) is 0 Å². The van der Waals surface area contributed by atoms with Crippen molar-refractivity contribution in [1.29, 1.82) is 0 Å². The number of hydrogen-bond acceptors (Lipinski definition) is 5. The molecule has 1 aliphatic rings. The SMILES string of the molecule is Cc1ccc(C2CN(c3nc(-c4ccncc4)cc(=O)n3C)CCO2)cc1. The van der Waals surface area contributed by atoms with Crippen molar-refractivity contribution in [2.45, 2.75) is 13.0 Å². The number of nitrogens with zero attached hydrogens (tertiary/aromatic N) is 4. The van der Waals surface area contributed by atoms with Crippen molar-refractivity contribution in [2.24, 2.45) is 7.05 Å². The number of morpholine rings is 1. The molecule has 0 radical (unpaired) electrons. The van der Waals surface area contributed by atoms with Gasteiger partial charge in [-0.3, -0.25) is 14.3 Å². The van der Waals surface area contributed by atoms with Crippen molar-refractivity contribution >= 4 is 5.95 Å². The summed E-state index contributed by atoms with van der Waals surface area (Å²) < 4.78 is 7.57. The van der Waals surface area contributed by atoms with Crippen LogP contribution < -0.4 is 10.5 Å². The van der Waals surface area contributed by atoms with Crippen LogP contribution in [-0.4, -0.2) is 34.2 Å². The standard InChI is InChI=1S/C21H22N4O2/c1-15-3-5-17(6-4-15)19-14-25(11-12-27-19)21-23-18(13-20(26)24(21)2)16-7-9-22-10-8-16/h3-10,13,19H,11-12,14H2,1-2H3. The van der Waals surface area contributed by atoms with Crippen LogP contribution in [-0.2, 0) is 11.8 Å². The molecule has 6 nitrogen and oxygen atoms in total. The third-order valence-electron chi connectivity index (χ3n) is 4.89. The van der Waals surface area contributed by atoms with Gasteiger partial charge >= 0.3 is 0 Å². The molecule has 0 bridgehead atoms. The van der Waals surface area contributed by atoms with Gasteiger partial charge in [-0.1, -0.05) is 29.8 Å². The molecule has 6 heteroatoms. The number of hydrogen-bond donors (Lipinski definition) is 0. The van der Waals surface area contributed by atoms with Crippen molar-refractivity contribution in [3.8, 4) is 11.3 Å². The smallest absolute Gasteiger partial charge is 0.255 e. The zero-order chi connectivity index (χ0) is 18.8. The van der Waals surface area contributed by atoms with Crippen molar-refractivity contribution in [3.63, 3.8) is 0 Å². The summed E-state index contributed by atoms with van der Waals surface area (Å²) in [6.07, 6.45) is 3.37. The Hall–Kier alpha value is -2.99. The minimum absolute atomic E-state index is 0.0409. The van der Waals surface area contributed by atoms with Gasteiger partial charge in [0.05, 0.1) is 18.8 Å². The fourth-order valence-electron chi connectivity index (χ4n) is 3.29. The number of pyridine rings is 1. The molecule has 0 N–H and O–H groups in total. The Balaban J connectivity index is 1.67. The monoisotopic (exact) mass is 362 g/mol. The molecule has 2 aromatic heterocycles. The highest BCUT2D eigenvalue weighted by atomic mass is 16.5. The highest BCUT2D eigenvalue weighted by molar-refractivity contribution is 5.59. The average Bonchev–Trinajstić information content (AvgIpc) is 2.71. The number of rotatable bonds is 3. The normalized spacial score (nSPS) is 17.1. The Bertz CT molecular complexity index is 983. The van der Waals surface area contributed by atoms with Gasteiger partial charge in [0.1, 0.15) is 6.10 Å². The van der Waals surface area contributed by atoms with Crippen LogP contribution in [0.5, 0.6) is 0 Å². The maximum absolute atomic E-state index is 12.5. The average molecular weight is 362 g/mol. The van der Waals surface area contributed by atoms with Gasteiger partial charge < -0.3 is 9.64 Å². The summed E-state index contributed by atoms with van der Waals surface area (Å²) in [7, 11) is 1.76. The number of ether oxygens (including phenoxy) is 1. The Morgan fingerprint density at radius 1 is 1.11 bits per heavy atom. The van der Waals surface area contributed by atoms with Gasteiger partial charge in [0.2, 0.25) is 5.95 Å². The Labute approximate surface area is 158 Å². The van der Waals surface area contributed by atoms with Crippen molar-refractivity contribution < 1.29 is 4.74 Å². The molecule has 27 heavy (non-hydrogen) atoms. The summed E-state index contributed by atoms with van der Waals surface area (Å²) in [6, 6.07) is 13.7. The molecule has 3 aromatic rings. The Kier molecular flexibility index (Phi) is 4.73. The number of anilines is 1. The fraction of sp³-hybridized carbons (Fsp3) is 0.286. The van der Waals surface area contributed by atoms with E-state index in [4.69, 9.17) is 9.72 Å². The summed E-state index contributed by atoms with van der Waals surface area (Å²) in [5.74, 6) is 0.662. The molecule has 1 unspecified atom stereocenters. The fourth-order valence-corrected chi connectivity index (χ4v) is 3.29. The van der Waals surface area contributed by atoms with Crippen LogP contribution >= 0.6 is 0 Å².